The quantitative estimate of drug-likeness (QED) is 0.553. The Hall–Kier alpha value is -2.82. The van der Waals surface area contributed by atoms with Gasteiger partial charge in [0.05, 0.1) is 19.8 Å². The number of benzene rings is 3. The third-order valence-electron chi connectivity index (χ3n) is 7.22. The molecule has 0 bridgehead atoms. The minimum Gasteiger partial charge on any atom is -0.497 e. The molecule has 0 aromatic heterocycles. The number of rotatable bonds is 6. The lowest BCUT2D eigenvalue weighted by atomic mass is 9.64. The SMILES string of the molecule is COc1ccc([C@H]2N[C@H](c3ccc(OC)cc3)[C@H](C)C(O)(Cc3ccccc3)[C@@H]2C)cc1. The van der Waals surface area contributed by atoms with E-state index in [0.29, 0.717) is 6.42 Å². The summed E-state index contributed by atoms with van der Waals surface area (Å²) < 4.78 is 10.7. The number of piperidine rings is 1. The Morgan fingerprint density at radius 1 is 0.719 bits per heavy atom. The molecule has 0 amide bonds. The molecule has 168 valence electrons. The van der Waals surface area contributed by atoms with Crippen LogP contribution in [-0.4, -0.2) is 24.9 Å². The summed E-state index contributed by atoms with van der Waals surface area (Å²) in [6.07, 6.45) is 0.608. The molecule has 1 aliphatic rings. The van der Waals surface area contributed by atoms with E-state index in [1.165, 1.54) is 0 Å². The second-order valence-corrected chi connectivity index (χ2v) is 8.90. The Bertz CT molecular complexity index is 942. The van der Waals surface area contributed by atoms with Crippen LogP contribution < -0.4 is 14.8 Å². The van der Waals surface area contributed by atoms with E-state index in [9.17, 15) is 5.11 Å². The number of methoxy groups -OCH3 is 2. The van der Waals surface area contributed by atoms with Crippen LogP contribution in [0.5, 0.6) is 11.5 Å². The predicted molar refractivity (Wildman–Crippen MR) is 128 cm³/mol. The van der Waals surface area contributed by atoms with Crippen molar-refractivity contribution in [1.29, 1.82) is 0 Å². The van der Waals surface area contributed by atoms with Gasteiger partial charge in [-0.15, -0.1) is 0 Å². The summed E-state index contributed by atoms with van der Waals surface area (Å²) in [5.41, 5.74) is 2.56. The zero-order valence-corrected chi connectivity index (χ0v) is 19.3. The standard InChI is InChI=1S/C28H33NO3/c1-19-26(22-10-14-24(31-3)15-11-22)29-27(23-12-16-25(32-4)17-13-23)20(2)28(19,30)18-21-8-6-5-7-9-21/h5-17,19-20,26-27,29-30H,18H2,1-4H3/t19-,20+,26-,27-,28?/m0/s1. The first-order chi connectivity index (χ1) is 15.5. The Kier molecular flexibility index (Phi) is 6.54. The fourth-order valence-electron chi connectivity index (χ4n) is 5.11. The molecular weight excluding hydrogens is 398 g/mol. The fourth-order valence-corrected chi connectivity index (χ4v) is 5.11. The molecule has 1 unspecified atom stereocenters. The summed E-state index contributed by atoms with van der Waals surface area (Å²) >= 11 is 0. The molecule has 0 aliphatic carbocycles. The molecule has 0 spiro atoms. The largest absolute Gasteiger partial charge is 0.497 e. The third-order valence-corrected chi connectivity index (χ3v) is 7.22. The van der Waals surface area contributed by atoms with Gasteiger partial charge in [0.15, 0.2) is 0 Å². The van der Waals surface area contributed by atoms with Crippen LogP contribution in [0.25, 0.3) is 0 Å². The molecule has 1 heterocycles. The van der Waals surface area contributed by atoms with Crippen LogP contribution >= 0.6 is 0 Å². The number of ether oxygens (including phenoxy) is 2. The van der Waals surface area contributed by atoms with Gasteiger partial charge >= 0.3 is 0 Å². The van der Waals surface area contributed by atoms with Gasteiger partial charge in [0.25, 0.3) is 0 Å². The van der Waals surface area contributed by atoms with Crippen molar-refractivity contribution in [3.63, 3.8) is 0 Å². The van der Waals surface area contributed by atoms with Crippen LogP contribution in [0.4, 0.5) is 0 Å². The average molecular weight is 432 g/mol. The van der Waals surface area contributed by atoms with Crippen LogP contribution in [0.2, 0.25) is 0 Å². The first kappa shape index (κ1) is 22.4. The van der Waals surface area contributed by atoms with Crippen LogP contribution in [0.15, 0.2) is 78.9 Å². The molecule has 0 radical (unpaired) electrons. The summed E-state index contributed by atoms with van der Waals surface area (Å²) in [6.45, 7) is 4.32. The smallest absolute Gasteiger partial charge is 0.118 e. The minimum absolute atomic E-state index is 0.000555. The maximum atomic E-state index is 12.2. The molecule has 3 aromatic rings. The van der Waals surface area contributed by atoms with Crippen molar-refractivity contribution in [2.75, 3.05) is 14.2 Å². The van der Waals surface area contributed by atoms with E-state index in [1.807, 2.05) is 42.5 Å². The molecule has 1 saturated heterocycles. The Morgan fingerprint density at radius 3 is 1.56 bits per heavy atom. The molecule has 5 atom stereocenters. The Morgan fingerprint density at radius 2 is 1.16 bits per heavy atom. The van der Waals surface area contributed by atoms with Crippen molar-refractivity contribution in [2.24, 2.45) is 11.8 Å². The van der Waals surface area contributed by atoms with Gasteiger partial charge < -0.3 is 19.9 Å². The van der Waals surface area contributed by atoms with Crippen molar-refractivity contribution < 1.29 is 14.6 Å². The zero-order chi connectivity index (χ0) is 22.7. The number of hydrogen-bond acceptors (Lipinski definition) is 4. The van der Waals surface area contributed by atoms with E-state index in [4.69, 9.17) is 9.47 Å². The van der Waals surface area contributed by atoms with E-state index in [1.54, 1.807) is 14.2 Å². The molecule has 2 N–H and O–H groups in total. The second kappa shape index (κ2) is 9.35. The summed E-state index contributed by atoms with van der Waals surface area (Å²) in [4.78, 5) is 0. The third kappa shape index (κ3) is 4.25. The monoisotopic (exact) mass is 431 g/mol. The van der Waals surface area contributed by atoms with Crippen LogP contribution in [0.3, 0.4) is 0 Å². The number of hydrogen-bond donors (Lipinski definition) is 2. The van der Waals surface area contributed by atoms with Gasteiger partial charge in [-0.1, -0.05) is 68.4 Å². The van der Waals surface area contributed by atoms with Crippen LogP contribution in [0.1, 0.15) is 42.6 Å². The lowest BCUT2D eigenvalue weighted by molar-refractivity contribution is -0.110. The highest BCUT2D eigenvalue weighted by Gasteiger charge is 2.51. The molecule has 3 aromatic carbocycles. The highest BCUT2D eigenvalue weighted by Crippen LogP contribution is 2.48. The molecule has 1 fully saturated rings. The summed E-state index contributed by atoms with van der Waals surface area (Å²) in [6, 6.07) is 26.6. The summed E-state index contributed by atoms with van der Waals surface area (Å²) in [5, 5.41) is 16.1. The van der Waals surface area contributed by atoms with E-state index < -0.39 is 5.60 Å². The second-order valence-electron chi connectivity index (χ2n) is 8.90. The van der Waals surface area contributed by atoms with Crippen LogP contribution in [0, 0.1) is 11.8 Å². The van der Waals surface area contributed by atoms with Gasteiger partial charge in [0.1, 0.15) is 11.5 Å². The molecule has 32 heavy (non-hydrogen) atoms. The van der Waals surface area contributed by atoms with Gasteiger partial charge in [-0.25, -0.2) is 0 Å². The predicted octanol–water partition coefficient (Wildman–Crippen LogP) is 5.34. The van der Waals surface area contributed by atoms with E-state index in [-0.39, 0.29) is 23.9 Å². The van der Waals surface area contributed by atoms with Gasteiger partial charge in [0, 0.05) is 30.3 Å². The van der Waals surface area contributed by atoms with Crippen molar-refractivity contribution in [3.05, 3.63) is 95.6 Å². The average Bonchev–Trinajstić information content (AvgIpc) is 2.84. The molecular formula is C28H33NO3. The topological polar surface area (TPSA) is 50.7 Å². The minimum atomic E-state index is -0.887. The molecule has 4 nitrogen and oxygen atoms in total. The fraction of sp³-hybridized carbons (Fsp3) is 0.357. The number of nitrogens with one attached hydrogen (secondary N) is 1. The van der Waals surface area contributed by atoms with E-state index in [2.05, 4.69) is 55.6 Å². The van der Waals surface area contributed by atoms with Crippen molar-refractivity contribution in [2.45, 2.75) is 38.0 Å². The lowest BCUT2D eigenvalue weighted by Crippen LogP contribution is -2.58. The van der Waals surface area contributed by atoms with Crippen molar-refractivity contribution >= 4 is 0 Å². The van der Waals surface area contributed by atoms with E-state index in [0.717, 1.165) is 28.2 Å². The Labute approximate surface area is 191 Å². The first-order valence-corrected chi connectivity index (χ1v) is 11.3. The Balaban J connectivity index is 1.74. The van der Waals surface area contributed by atoms with Crippen LogP contribution in [-0.2, 0) is 6.42 Å². The van der Waals surface area contributed by atoms with Gasteiger partial charge in [-0.05, 0) is 41.0 Å². The molecule has 0 saturated carbocycles. The molecule has 1 aliphatic heterocycles. The van der Waals surface area contributed by atoms with Crippen molar-refractivity contribution in [1.82, 2.24) is 5.32 Å². The highest BCUT2D eigenvalue weighted by atomic mass is 16.5. The van der Waals surface area contributed by atoms with Crippen molar-refractivity contribution in [3.8, 4) is 11.5 Å². The maximum Gasteiger partial charge on any atom is 0.118 e. The van der Waals surface area contributed by atoms with E-state index >= 15 is 0 Å². The first-order valence-electron chi connectivity index (χ1n) is 11.3. The number of aliphatic hydroxyl groups is 1. The normalized spacial score (nSPS) is 27.7. The summed E-state index contributed by atoms with van der Waals surface area (Å²) in [5.74, 6) is 1.66. The van der Waals surface area contributed by atoms with Gasteiger partial charge in [-0.3, -0.25) is 0 Å². The molecule has 4 rings (SSSR count). The highest BCUT2D eigenvalue weighted by molar-refractivity contribution is 5.35. The maximum absolute atomic E-state index is 12.2. The van der Waals surface area contributed by atoms with Gasteiger partial charge in [0.2, 0.25) is 0 Å². The lowest BCUT2D eigenvalue weighted by Gasteiger charge is -2.52. The molecule has 4 heteroatoms. The summed E-state index contributed by atoms with van der Waals surface area (Å²) in [7, 11) is 3.35. The van der Waals surface area contributed by atoms with Gasteiger partial charge in [-0.2, -0.15) is 0 Å². The zero-order valence-electron chi connectivity index (χ0n) is 19.3.